The Kier molecular flexibility index (Phi) is 3.31. The van der Waals surface area contributed by atoms with E-state index < -0.39 is 0 Å². The SMILES string of the molecule is CC(C)(C)/C(Cn1ccnc1Br)=N\O. The molecule has 0 bridgehead atoms. The van der Waals surface area contributed by atoms with E-state index in [-0.39, 0.29) is 5.41 Å². The van der Waals surface area contributed by atoms with Gasteiger partial charge in [0.2, 0.25) is 0 Å². The Morgan fingerprint density at radius 1 is 1.64 bits per heavy atom. The Morgan fingerprint density at radius 2 is 2.29 bits per heavy atom. The first kappa shape index (κ1) is 11.2. The number of hydrogen-bond acceptors (Lipinski definition) is 3. The largest absolute Gasteiger partial charge is 0.411 e. The van der Waals surface area contributed by atoms with Gasteiger partial charge in [-0.15, -0.1) is 0 Å². The van der Waals surface area contributed by atoms with Crippen molar-refractivity contribution in [2.75, 3.05) is 0 Å². The van der Waals surface area contributed by atoms with Crippen molar-refractivity contribution in [2.24, 2.45) is 10.6 Å². The standard InChI is InChI=1S/C9H14BrN3O/c1-9(2,3)7(12-14)6-13-5-4-11-8(13)10/h4-5,14H,6H2,1-3H3/b12-7-. The Bertz CT molecular complexity index is 338. The first-order valence-electron chi connectivity index (χ1n) is 4.33. The number of hydrogen-bond donors (Lipinski definition) is 1. The maximum absolute atomic E-state index is 8.89. The summed E-state index contributed by atoms with van der Waals surface area (Å²) in [5.74, 6) is 0. The Morgan fingerprint density at radius 3 is 2.64 bits per heavy atom. The molecule has 1 rings (SSSR count). The zero-order valence-corrected chi connectivity index (χ0v) is 10.1. The van der Waals surface area contributed by atoms with E-state index in [0.717, 1.165) is 10.4 Å². The molecule has 0 unspecified atom stereocenters. The van der Waals surface area contributed by atoms with Crippen molar-refractivity contribution in [3.8, 4) is 0 Å². The van der Waals surface area contributed by atoms with Crippen LogP contribution in [0.4, 0.5) is 0 Å². The molecule has 5 heteroatoms. The van der Waals surface area contributed by atoms with Crippen LogP contribution in [0.5, 0.6) is 0 Å². The fourth-order valence-electron chi connectivity index (χ4n) is 1.01. The van der Waals surface area contributed by atoms with Crippen LogP contribution in [0.1, 0.15) is 20.8 Å². The summed E-state index contributed by atoms with van der Waals surface area (Å²) in [4.78, 5) is 4.03. The lowest BCUT2D eigenvalue weighted by Crippen LogP contribution is -2.25. The van der Waals surface area contributed by atoms with Gasteiger partial charge in [-0.2, -0.15) is 0 Å². The Balaban J connectivity index is 2.83. The van der Waals surface area contributed by atoms with Gasteiger partial charge in [-0.25, -0.2) is 4.98 Å². The summed E-state index contributed by atoms with van der Waals surface area (Å²) in [6.07, 6.45) is 3.53. The Hall–Kier alpha value is -0.840. The molecule has 0 saturated carbocycles. The minimum absolute atomic E-state index is 0.140. The van der Waals surface area contributed by atoms with Gasteiger partial charge >= 0.3 is 0 Å². The number of imidazole rings is 1. The van der Waals surface area contributed by atoms with Crippen LogP contribution in [-0.2, 0) is 6.54 Å². The second kappa shape index (κ2) is 4.13. The quantitative estimate of drug-likeness (QED) is 0.504. The molecule has 0 spiro atoms. The van der Waals surface area contributed by atoms with Crippen molar-refractivity contribution < 1.29 is 5.21 Å². The molecular formula is C9H14BrN3O. The highest BCUT2D eigenvalue weighted by Gasteiger charge is 2.20. The molecule has 1 N–H and O–H groups in total. The first-order valence-corrected chi connectivity index (χ1v) is 5.12. The van der Waals surface area contributed by atoms with E-state index in [1.54, 1.807) is 6.20 Å². The molecule has 0 atom stereocenters. The van der Waals surface area contributed by atoms with E-state index >= 15 is 0 Å². The summed E-state index contributed by atoms with van der Waals surface area (Å²) in [5.41, 5.74) is 0.578. The molecule has 0 fully saturated rings. The van der Waals surface area contributed by atoms with E-state index in [2.05, 4.69) is 26.1 Å². The van der Waals surface area contributed by atoms with E-state index in [0.29, 0.717) is 6.54 Å². The normalized spacial score (nSPS) is 13.3. The third kappa shape index (κ3) is 2.57. The lowest BCUT2D eigenvalue weighted by molar-refractivity contribution is 0.307. The molecule has 0 saturated heterocycles. The fourth-order valence-corrected chi connectivity index (χ4v) is 1.37. The van der Waals surface area contributed by atoms with Gasteiger partial charge in [0.05, 0.1) is 12.3 Å². The summed E-state index contributed by atoms with van der Waals surface area (Å²) in [7, 11) is 0. The van der Waals surface area contributed by atoms with Crippen LogP contribution in [0.2, 0.25) is 0 Å². The number of nitrogens with zero attached hydrogens (tertiary/aromatic N) is 3. The molecule has 78 valence electrons. The predicted octanol–water partition coefficient (Wildman–Crippen LogP) is 2.52. The van der Waals surface area contributed by atoms with Crippen LogP contribution in [0.25, 0.3) is 0 Å². The van der Waals surface area contributed by atoms with Crippen molar-refractivity contribution in [1.82, 2.24) is 9.55 Å². The number of oxime groups is 1. The number of halogens is 1. The highest BCUT2D eigenvalue weighted by atomic mass is 79.9. The number of rotatable bonds is 2. The third-order valence-corrected chi connectivity index (χ3v) is 2.63. The van der Waals surface area contributed by atoms with Crippen LogP contribution in [0.3, 0.4) is 0 Å². The molecule has 0 aliphatic rings. The van der Waals surface area contributed by atoms with Crippen LogP contribution >= 0.6 is 15.9 Å². The summed E-state index contributed by atoms with van der Waals surface area (Å²) in [6.45, 7) is 6.56. The molecule has 4 nitrogen and oxygen atoms in total. The lowest BCUT2D eigenvalue weighted by Gasteiger charge is -2.20. The molecule has 14 heavy (non-hydrogen) atoms. The first-order chi connectivity index (χ1) is 6.45. The summed E-state index contributed by atoms with van der Waals surface area (Å²) in [5, 5.41) is 12.2. The van der Waals surface area contributed by atoms with Crippen molar-refractivity contribution in [3.05, 3.63) is 17.1 Å². The minimum atomic E-state index is -0.140. The Labute approximate surface area is 91.8 Å². The van der Waals surface area contributed by atoms with E-state index in [4.69, 9.17) is 5.21 Å². The third-order valence-electron chi connectivity index (χ3n) is 1.97. The van der Waals surface area contributed by atoms with Crippen LogP contribution in [-0.4, -0.2) is 20.5 Å². The van der Waals surface area contributed by atoms with Gasteiger partial charge in [0.15, 0.2) is 4.73 Å². The van der Waals surface area contributed by atoms with Gasteiger partial charge in [-0.05, 0) is 15.9 Å². The van der Waals surface area contributed by atoms with Crippen molar-refractivity contribution in [2.45, 2.75) is 27.3 Å². The van der Waals surface area contributed by atoms with Crippen LogP contribution < -0.4 is 0 Å². The smallest absolute Gasteiger partial charge is 0.177 e. The van der Waals surface area contributed by atoms with Gasteiger partial charge in [0.1, 0.15) is 0 Å². The monoisotopic (exact) mass is 259 g/mol. The van der Waals surface area contributed by atoms with Crippen molar-refractivity contribution >= 4 is 21.6 Å². The van der Waals surface area contributed by atoms with Gasteiger partial charge in [0.25, 0.3) is 0 Å². The zero-order valence-electron chi connectivity index (χ0n) is 8.53. The molecule has 1 heterocycles. The second-order valence-electron chi connectivity index (χ2n) is 4.12. The topological polar surface area (TPSA) is 50.4 Å². The molecule has 0 aliphatic carbocycles. The molecule has 0 aromatic carbocycles. The van der Waals surface area contributed by atoms with Gasteiger partial charge in [0, 0.05) is 17.8 Å². The number of aromatic nitrogens is 2. The summed E-state index contributed by atoms with van der Waals surface area (Å²) >= 11 is 3.31. The average molecular weight is 260 g/mol. The minimum Gasteiger partial charge on any atom is -0.411 e. The molecule has 0 amide bonds. The van der Waals surface area contributed by atoms with Crippen molar-refractivity contribution in [1.29, 1.82) is 0 Å². The maximum Gasteiger partial charge on any atom is 0.177 e. The average Bonchev–Trinajstić information content (AvgIpc) is 2.45. The fraction of sp³-hybridized carbons (Fsp3) is 0.556. The van der Waals surface area contributed by atoms with Gasteiger partial charge in [-0.3, -0.25) is 0 Å². The summed E-state index contributed by atoms with van der Waals surface area (Å²) < 4.78 is 2.61. The molecule has 1 aromatic heterocycles. The van der Waals surface area contributed by atoms with Gasteiger partial charge < -0.3 is 9.77 Å². The lowest BCUT2D eigenvalue weighted by atomic mass is 9.90. The predicted molar refractivity (Wildman–Crippen MR) is 58.6 cm³/mol. The zero-order chi connectivity index (χ0) is 10.8. The van der Waals surface area contributed by atoms with Gasteiger partial charge in [-0.1, -0.05) is 25.9 Å². The molecule has 0 radical (unpaired) electrons. The van der Waals surface area contributed by atoms with Crippen molar-refractivity contribution in [3.63, 3.8) is 0 Å². The van der Waals surface area contributed by atoms with E-state index in [1.165, 1.54) is 0 Å². The molecular weight excluding hydrogens is 246 g/mol. The van der Waals surface area contributed by atoms with Crippen LogP contribution in [0, 0.1) is 5.41 Å². The van der Waals surface area contributed by atoms with E-state index in [9.17, 15) is 0 Å². The van der Waals surface area contributed by atoms with Crippen LogP contribution in [0.15, 0.2) is 22.3 Å². The highest BCUT2D eigenvalue weighted by molar-refractivity contribution is 9.10. The van der Waals surface area contributed by atoms with E-state index in [1.807, 2.05) is 31.5 Å². The maximum atomic E-state index is 8.89. The summed E-state index contributed by atoms with van der Waals surface area (Å²) in [6, 6.07) is 0. The molecule has 0 aliphatic heterocycles. The second-order valence-corrected chi connectivity index (χ2v) is 4.83. The molecule has 1 aromatic rings. The highest BCUT2D eigenvalue weighted by Crippen LogP contribution is 2.18.